The Hall–Kier alpha value is -6.94. The molecule has 16 heterocycles. The van der Waals surface area contributed by atoms with Crippen molar-refractivity contribution in [2.24, 2.45) is 0 Å². The lowest BCUT2D eigenvalue weighted by molar-refractivity contribution is -0.0566. The van der Waals surface area contributed by atoms with E-state index in [1.807, 2.05) is 0 Å². The van der Waals surface area contributed by atoms with Crippen LogP contribution < -0.4 is 62.3 Å². The van der Waals surface area contributed by atoms with Crippen molar-refractivity contribution in [2.45, 2.75) is 156 Å². The molecule has 0 radical (unpaired) electrons. The number of rotatable bonds is 34. The summed E-state index contributed by atoms with van der Waals surface area (Å²) >= 11 is 32.6. The molecule has 688 valence electrons. The molecule has 6 aliphatic heterocycles. The number of nitrogens with one attached hydrogen (secondary N) is 4. The molecule has 0 bridgehead atoms. The lowest BCUT2D eigenvalue weighted by Gasteiger charge is -2.28. The smallest absolute Gasteiger partial charge is 0.351 e. The number of hydrogen-bond acceptors (Lipinski definition) is 45. The minimum Gasteiger partial charge on any atom is -0.390 e. The Kier molecular flexibility index (Phi) is 27.1. The first-order valence-electron chi connectivity index (χ1n) is 37.3. The standard InChI is InChI=1S/C59H75N25O31P6S6/c1-22-10-80(59(91)78-51(22)86)38-6-25(30(107-38)12-99-116(92,93)122)112-118(95,124)102-14-32-26(7-39(108-32)81-18-67-42-46(61)65-17-66-47(42)81)113-120(97,126)103-15-33-28(9-41(109-33)84-21-70-45-50(84)74-57(64)77-54(45)89)115-121(98,127)104-16-34-27(8-40(110-34)83-20-69-44-49(83)73-56(63)76-53(44)88)114-119(96,125)101-13-31-24(5-37(106-31)79-3-2-35(60)71-58(79)90)111-117(94,123)100-11-29-23(85)4-36(105-29)82-19-68-43-48(82)72-55(62)75-52(43)87/h2-3,10,17-21,23-34,36-41,85H,4-9,11-16H2,1H3,(H,94,123)(H,95,124)(H,96,125)(H,97,126)(H,98,127)(H2,60,71,90)(H2,61,65,66)(H,78,86,91)(H2,92,93,122)(H3,62,72,75,87)(H3,63,73,76,88)(H3,64,74,77,89). The molecule has 10 aromatic rings. The van der Waals surface area contributed by atoms with Gasteiger partial charge in [-0.05, 0) is 83.8 Å². The number of anilines is 5. The highest BCUT2D eigenvalue weighted by Crippen LogP contribution is 2.57. The molecule has 0 amide bonds. The van der Waals surface area contributed by atoms with E-state index in [-0.39, 0.29) is 118 Å². The maximum atomic E-state index is 13.3. The van der Waals surface area contributed by atoms with Crippen molar-refractivity contribution in [1.82, 2.24) is 97.2 Å². The SMILES string of the molecule is Cc1cn(C2CC(OP(O)(=S)OCC3OC(n4cnc5c(N)ncnc54)CC3OP(O)(=S)OCC3OC(n4cnc5c(=O)[nH]c(N)nc54)CC3OP(O)(=S)OCC3OC(n4cnc5c(=O)[nH]c(N)nc54)CC3OP(O)(=S)OCC3OC(n4ccc(N)nc4=O)CC3OP(O)(=S)OCC3OC(n4cnc5c(=O)[nH]c(N)nc54)CC3O)C(COP(O)(O)=S)O2)c(=O)[nH]c1=O. The van der Waals surface area contributed by atoms with Gasteiger partial charge in [0.2, 0.25) is 17.8 Å². The number of fused-ring (bicyclic) bond motifs is 4. The van der Waals surface area contributed by atoms with Crippen LogP contribution in [0.25, 0.3) is 44.7 Å². The summed E-state index contributed by atoms with van der Waals surface area (Å²) in [5, 5.41) is 11.1. The first kappa shape index (κ1) is 93.3. The summed E-state index contributed by atoms with van der Waals surface area (Å²) in [6.45, 7) is -30.1. The van der Waals surface area contributed by atoms with Gasteiger partial charge in [0, 0.05) is 56.5 Å². The van der Waals surface area contributed by atoms with Crippen LogP contribution in [0.4, 0.5) is 29.5 Å². The predicted octanol–water partition coefficient (Wildman–Crippen LogP) is -2.34. The van der Waals surface area contributed by atoms with Crippen molar-refractivity contribution in [1.29, 1.82) is 0 Å². The van der Waals surface area contributed by atoms with Crippen molar-refractivity contribution in [3.8, 4) is 0 Å². The van der Waals surface area contributed by atoms with Crippen molar-refractivity contribution < 1.29 is 118 Å². The van der Waals surface area contributed by atoms with Crippen molar-refractivity contribution in [3.05, 3.63) is 118 Å². The van der Waals surface area contributed by atoms with Gasteiger partial charge in [-0.3, -0.25) is 66.5 Å². The third kappa shape index (κ3) is 21.3. The van der Waals surface area contributed by atoms with Crippen LogP contribution >= 0.6 is 40.3 Å². The Morgan fingerprint density at radius 2 is 0.724 bits per heavy atom. The number of nitrogens with two attached hydrogens (primary N) is 5. The van der Waals surface area contributed by atoms with E-state index in [4.69, 9.17) is 166 Å². The molecule has 22 N–H and O–H groups in total. The van der Waals surface area contributed by atoms with Gasteiger partial charge in [-0.2, -0.15) is 19.9 Å². The fourth-order valence-corrected chi connectivity index (χ4v) is 22.6. The van der Waals surface area contributed by atoms with Crippen LogP contribution in [0.2, 0.25) is 0 Å². The van der Waals surface area contributed by atoms with Crippen molar-refractivity contribution in [2.75, 3.05) is 68.3 Å². The summed E-state index contributed by atoms with van der Waals surface area (Å²) in [5.41, 5.74) is 25.1. The maximum absolute atomic E-state index is 13.3. The van der Waals surface area contributed by atoms with Crippen LogP contribution in [0.5, 0.6) is 0 Å². The van der Waals surface area contributed by atoms with E-state index in [1.54, 1.807) is 0 Å². The van der Waals surface area contributed by atoms with E-state index in [0.717, 1.165) is 9.13 Å². The topological polar surface area (TPSA) is 773 Å². The Labute approximate surface area is 738 Å². The number of hydrogen-bond donors (Lipinski definition) is 17. The van der Waals surface area contributed by atoms with Gasteiger partial charge in [-0.25, -0.2) is 39.5 Å². The molecule has 56 nitrogen and oxygen atoms in total. The van der Waals surface area contributed by atoms with Gasteiger partial charge < -0.3 is 146 Å². The van der Waals surface area contributed by atoms with Gasteiger partial charge in [0.05, 0.1) is 102 Å². The molecule has 6 fully saturated rings. The highest BCUT2D eigenvalue weighted by molar-refractivity contribution is 8.08. The number of aromatic amines is 4. The van der Waals surface area contributed by atoms with Crippen LogP contribution in [-0.4, -0.2) is 249 Å². The summed E-state index contributed by atoms with van der Waals surface area (Å²) in [7, 11) is 0. The van der Waals surface area contributed by atoms with Crippen LogP contribution in [-0.2, 0) is 149 Å². The highest BCUT2D eigenvalue weighted by atomic mass is 32.5. The Bertz CT molecular complexity index is 6580. The number of aromatic nitrogens is 20. The Morgan fingerprint density at radius 1 is 0.402 bits per heavy atom. The molecular weight excluding hydrogens is 1930 g/mol. The van der Waals surface area contributed by atoms with E-state index in [9.17, 15) is 68.1 Å². The molecule has 127 heavy (non-hydrogen) atoms. The zero-order chi connectivity index (χ0) is 90.5. The number of aliphatic hydroxyl groups is 1. The average molecular weight is 2010 g/mol. The molecule has 6 aliphatic rings. The van der Waals surface area contributed by atoms with Crippen LogP contribution in [0.1, 0.15) is 81.5 Å². The van der Waals surface area contributed by atoms with Gasteiger partial charge in [-0.1, -0.05) is 0 Å². The van der Waals surface area contributed by atoms with Crippen molar-refractivity contribution in [3.63, 3.8) is 0 Å². The molecule has 0 saturated carbocycles. The molecular formula is C59H75N25O31P6S6. The Morgan fingerprint density at radius 3 is 1.09 bits per heavy atom. The van der Waals surface area contributed by atoms with Crippen molar-refractivity contribution >= 4 is 185 Å². The number of nitrogens with zero attached hydrogens (tertiary/aromatic N) is 16. The molecule has 0 aromatic carbocycles. The number of ether oxygens (including phenoxy) is 6. The maximum Gasteiger partial charge on any atom is 0.351 e. The first-order chi connectivity index (χ1) is 59.9. The zero-order valence-electron chi connectivity index (χ0n) is 64.6. The van der Waals surface area contributed by atoms with Gasteiger partial charge >= 0.3 is 51.7 Å². The van der Waals surface area contributed by atoms with Crippen LogP contribution in [0.15, 0.2) is 78.9 Å². The quantitative estimate of drug-likeness (QED) is 0.0188. The summed E-state index contributed by atoms with van der Waals surface area (Å²) in [6, 6.07) is 1.30. The molecule has 0 spiro atoms. The number of imidazole rings is 4. The second-order valence-corrected chi connectivity index (χ2v) is 45.6. The lowest BCUT2D eigenvalue weighted by Crippen LogP contribution is -2.33. The van der Waals surface area contributed by atoms with E-state index in [2.05, 4.69) is 81.6 Å². The third-order valence-electron chi connectivity index (χ3n) is 20.5. The fourth-order valence-electron chi connectivity index (χ4n) is 14.7. The molecule has 23 atom stereocenters. The predicted molar refractivity (Wildman–Crippen MR) is 455 cm³/mol. The molecule has 23 unspecified atom stereocenters. The van der Waals surface area contributed by atoms with E-state index >= 15 is 0 Å². The monoisotopic (exact) mass is 2010 g/mol. The molecule has 10 aromatic heterocycles. The molecule has 16 rings (SSSR count). The molecule has 68 heteroatoms. The van der Waals surface area contributed by atoms with Crippen LogP contribution in [0, 0.1) is 6.92 Å². The molecule has 6 saturated heterocycles. The zero-order valence-corrected chi connectivity index (χ0v) is 74.9. The minimum absolute atomic E-state index is 0.00415. The Balaban J connectivity index is 0.617. The lowest BCUT2D eigenvalue weighted by atomic mass is 10.2. The van der Waals surface area contributed by atoms with E-state index < -0.39 is 224 Å². The number of aliphatic hydroxyl groups excluding tert-OH is 1. The number of H-pyrrole nitrogens is 4. The highest BCUT2D eigenvalue weighted by Gasteiger charge is 2.50. The normalized spacial score (nSPS) is 28.9. The fraction of sp³-hybridized carbons (Fsp3) is 0.525. The second-order valence-electron chi connectivity index (χ2n) is 29.0. The first-order valence-corrected chi connectivity index (χ1v) is 52.9. The van der Waals surface area contributed by atoms with Gasteiger partial charge in [0.15, 0.2) is 45.0 Å². The second kappa shape index (κ2) is 36.9. The third-order valence-corrected chi connectivity index (χ3v) is 29.2. The summed E-state index contributed by atoms with van der Waals surface area (Å²) < 4.78 is 111. The van der Waals surface area contributed by atoms with Gasteiger partial charge in [-0.15, -0.1) is 0 Å². The van der Waals surface area contributed by atoms with Crippen LogP contribution in [0.3, 0.4) is 0 Å². The number of nitrogen functional groups attached to an aromatic ring is 5. The van der Waals surface area contributed by atoms with E-state index in [0.29, 0.717) is 0 Å². The summed E-state index contributed by atoms with van der Waals surface area (Å²) in [5.74, 6) is -0.961. The largest absolute Gasteiger partial charge is 0.390 e. The summed E-state index contributed by atoms with van der Waals surface area (Å²) in [4.78, 5) is 208. The molecule has 0 aliphatic carbocycles. The average Bonchev–Trinajstić information content (AvgIpc) is 1.62. The summed E-state index contributed by atoms with van der Waals surface area (Å²) in [6.07, 6.45) is -16.0. The number of aryl methyl sites for hydroxylation is 1. The van der Waals surface area contributed by atoms with Gasteiger partial charge in [0.1, 0.15) is 91.7 Å². The van der Waals surface area contributed by atoms with Gasteiger partial charge in [0.25, 0.3) is 22.2 Å². The van der Waals surface area contributed by atoms with E-state index in [1.165, 1.54) is 75.3 Å². The minimum atomic E-state index is -4.72.